The van der Waals surface area contributed by atoms with Crippen LogP contribution < -0.4 is 10.1 Å². The fraction of sp³-hybridized carbons (Fsp3) is 0.227. The Bertz CT molecular complexity index is 855. The van der Waals surface area contributed by atoms with E-state index in [0.717, 1.165) is 23.3 Å². The zero-order valence-electron chi connectivity index (χ0n) is 14.7. The van der Waals surface area contributed by atoms with Crippen molar-refractivity contribution in [3.8, 4) is 5.75 Å². The van der Waals surface area contributed by atoms with E-state index in [1.54, 1.807) is 7.11 Å². The first-order valence-corrected chi connectivity index (χ1v) is 8.57. The van der Waals surface area contributed by atoms with Crippen molar-refractivity contribution < 1.29 is 9.53 Å². The quantitative estimate of drug-likeness (QED) is 0.712. The second-order valence-corrected chi connectivity index (χ2v) is 6.24. The summed E-state index contributed by atoms with van der Waals surface area (Å²) in [6.07, 6.45) is 1.20. The van der Waals surface area contributed by atoms with E-state index in [4.69, 9.17) is 4.74 Å². The molecule has 3 nitrogen and oxygen atoms in total. The van der Waals surface area contributed by atoms with Crippen molar-refractivity contribution in [3.63, 3.8) is 0 Å². The van der Waals surface area contributed by atoms with Crippen LogP contribution in [0, 0.1) is 0 Å². The molecule has 0 spiro atoms. The van der Waals surface area contributed by atoms with Crippen molar-refractivity contribution in [1.82, 2.24) is 5.32 Å². The fourth-order valence-electron chi connectivity index (χ4n) is 2.92. The van der Waals surface area contributed by atoms with Crippen molar-refractivity contribution in [3.05, 3.63) is 77.9 Å². The third kappa shape index (κ3) is 4.38. The van der Waals surface area contributed by atoms with Gasteiger partial charge in [-0.1, -0.05) is 48.5 Å². The van der Waals surface area contributed by atoms with Gasteiger partial charge in [-0.2, -0.15) is 0 Å². The van der Waals surface area contributed by atoms with Gasteiger partial charge in [0.25, 0.3) is 0 Å². The topological polar surface area (TPSA) is 38.3 Å². The minimum Gasteiger partial charge on any atom is -0.497 e. The van der Waals surface area contributed by atoms with E-state index in [9.17, 15) is 4.79 Å². The second-order valence-electron chi connectivity index (χ2n) is 6.24. The van der Waals surface area contributed by atoms with E-state index in [1.165, 1.54) is 10.8 Å². The molecule has 0 radical (unpaired) electrons. The Morgan fingerprint density at radius 2 is 1.72 bits per heavy atom. The normalized spacial score (nSPS) is 11.9. The van der Waals surface area contributed by atoms with Crippen molar-refractivity contribution in [1.29, 1.82) is 0 Å². The molecule has 0 aliphatic carbocycles. The van der Waals surface area contributed by atoms with Gasteiger partial charge in [0.2, 0.25) is 5.91 Å². The SMILES string of the molecule is COc1ccc(CCC(=O)NC(C)c2ccc3ccccc3c2)cc1. The van der Waals surface area contributed by atoms with Crippen LogP contribution in [0.25, 0.3) is 10.8 Å². The van der Waals surface area contributed by atoms with Gasteiger partial charge in [0.1, 0.15) is 5.75 Å². The zero-order chi connectivity index (χ0) is 17.6. The van der Waals surface area contributed by atoms with Crippen LogP contribution in [0.1, 0.15) is 30.5 Å². The molecule has 128 valence electrons. The third-order valence-corrected chi connectivity index (χ3v) is 4.45. The first-order valence-electron chi connectivity index (χ1n) is 8.57. The van der Waals surface area contributed by atoms with Gasteiger partial charge in [-0.15, -0.1) is 0 Å². The number of aryl methyl sites for hydroxylation is 1. The molecule has 3 aromatic carbocycles. The Hall–Kier alpha value is -2.81. The van der Waals surface area contributed by atoms with Crippen LogP contribution in [0.2, 0.25) is 0 Å². The second kappa shape index (κ2) is 7.84. The van der Waals surface area contributed by atoms with Crippen molar-refractivity contribution in [2.75, 3.05) is 7.11 Å². The summed E-state index contributed by atoms with van der Waals surface area (Å²) in [5.41, 5.74) is 2.26. The molecule has 3 heteroatoms. The Balaban J connectivity index is 1.57. The van der Waals surface area contributed by atoms with Crippen LogP contribution in [0.5, 0.6) is 5.75 Å². The number of carbonyl (C=O) groups is 1. The Morgan fingerprint density at radius 3 is 2.44 bits per heavy atom. The van der Waals surface area contributed by atoms with Gasteiger partial charge in [-0.3, -0.25) is 4.79 Å². The standard InChI is InChI=1S/C22H23NO2/c1-16(19-11-10-18-5-3-4-6-20(18)15-19)23-22(24)14-9-17-7-12-21(25-2)13-8-17/h3-8,10-13,15-16H,9,14H2,1-2H3,(H,23,24). The van der Waals surface area contributed by atoms with Gasteiger partial charge >= 0.3 is 0 Å². The van der Waals surface area contributed by atoms with E-state index >= 15 is 0 Å². The predicted molar refractivity (Wildman–Crippen MR) is 102 cm³/mol. The molecular formula is C22H23NO2. The summed E-state index contributed by atoms with van der Waals surface area (Å²) in [5.74, 6) is 0.898. The molecule has 0 saturated heterocycles. The zero-order valence-corrected chi connectivity index (χ0v) is 14.7. The molecule has 1 N–H and O–H groups in total. The molecule has 0 saturated carbocycles. The van der Waals surface area contributed by atoms with Gasteiger partial charge in [0.05, 0.1) is 13.2 Å². The van der Waals surface area contributed by atoms with Gasteiger partial charge in [-0.25, -0.2) is 0 Å². The number of hydrogen-bond acceptors (Lipinski definition) is 2. The summed E-state index contributed by atoms with van der Waals surface area (Å²) in [6, 6.07) is 22.4. The van der Waals surface area contributed by atoms with Gasteiger partial charge in [0.15, 0.2) is 0 Å². The Kier molecular flexibility index (Phi) is 5.34. The lowest BCUT2D eigenvalue weighted by molar-refractivity contribution is -0.121. The molecule has 1 amide bonds. The average molecular weight is 333 g/mol. The minimum atomic E-state index is -0.00651. The Morgan fingerprint density at radius 1 is 1.00 bits per heavy atom. The van der Waals surface area contributed by atoms with Gasteiger partial charge < -0.3 is 10.1 Å². The predicted octanol–water partition coefficient (Wildman–Crippen LogP) is 4.66. The molecule has 0 aliphatic heterocycles. The number of carbonyl (C=O) groups excluding carboxylic acids is 1. The molecule has 0 heterocycles. The summed E-state index contributed by atoms with van der Waals surface area (Å²) in [6.45, 7) is 2.02. The molecule has 0 aromatic heterocycles. The van der Waals surface area contributed by atoms with Crippen LogP contribution in [-0.4, -0.2) is 13.0 Å². The molecule has 25 heavy (non-hydrogen) atoms. The number of nitrogens with one attached hydrogen (secondary N) is 1. The maximum atomic E-state index is 12.3. The van der Waals surface area contributed by atoms with E-state index in [-0.39, 0.29) is 11.9 Å². The fourth-order valence-corrected chi connectivity index (χ4v) is 2.92. The van der Waals surface area contributed by atoms with Crippen molar-refractivity contribution in [2.24, 2.45) is 0 Å². The number of ether oxygens (including phenoxy) is 1. The minimum absolute atomic E-state index is 0.00651. The summed E-state index contributed by atoms with van der Waals surface area (Å²) in [4.78, 5) is 12.3. The van der Waals surface area contributed by atoms with Crippen LogP contribution in [-0.2, 0) is 11.2 Å². The highest BCUT2D eigenvalue weighted by Crippen LogP contribution is 2.20. The molecule has 0 bridgehead atoms. The highest BCUT2D eigenvalue weighted by molar-refractivity contribution is 5.83. The number of methoxy groups -OCH3 is 1. The molecule has 1 unspecified atom stereocenters. The van der Waals surface area contributed by atoms with Crippen LogP contribution in [0.3, 0.4) is 0 Å². The number of rotatable bonds is 6. The maximum absolute atomic E-state index is 12.3. The number of benzene rings is 3. The van der Waals surface area contributed by atoms with E-state index < -0.39 is 0 Å². The molecular weight excluding hydrogens is 310 g/mol. The Labute approximate surface area is 148 Å². The highest BCUT2D eigenvalue weighted by atomic mass is 16.5. The maximum Gasteiger partial charge on any atom is 0.220 e. The smallest absolute Gasteiger partial charge is 0.220 e. The largest absolute Gasteiger partial charge is 0.497 e. The molecule has 3 aromatic rings. The first kappa shape index (κ1) is 17.0. The average Bonchev–Trinajstić information content (AvgIpc) is 2.66. The van der Waals surface area contributed by atoms with Crippen LogP contribution >= 0.6 is 0 Å². The molecule has 0 fully saturated rings. The van der Waals surface area contributed by atoms with Gasteiger partial charge in [0, 0.05) is 6.42 Å². The summed E-state index contributed by atoms with van der Waals surface area (Å²) in [7, 11) is 1.65. The lowest BCUT2D eigenvalue weighted by atomic mass is 10.0. The monoisotopic (exact) mass is 333 g/mol. The number of hydrogen-bond donors (Lipinski definition) is 1. The summed E-state index contributed by atoms with van der Waals surface area (Å²) >= 11 is 0. The molecule has 3 rings (SSSR count). The lowest BCUT2D eigenvalue weighted by Gasteiger charge is -2.15. The van der Waals surface area contributed by atoms with Crippen LogP contribution in [0.4, 0.5) is 0 Å². The van der Waals surface area contributed by atoms with Gasteiger partial charge in [-0.05, 0) is 53.4 Å². The molecule has 1 atom stereocenters. The third-order valence-electron chi connectivity index (χ3n) is 4.45. The van der Waals surface area contributed by atoms with Crippen LogP contribution in [0.15, 0.2) is 66.7 Å². The number of fused-ring (bicyclic) bond motifs is 1. The summed E-state index contributed by atoms with van der Waals surface area (Å²) < 4.78 is 5.15. The van der Waals surface area contributed by atoms with Crippen molar-refractivity contribution in [2.45, 2.75) is 25.8 Å². The van der Waals surface area contributed by atoms with E-state index in [2.05, 4.69) is 35.6 Å². The van der Waals surface area contributed by atoms with E-state index in [1.807, 2.05) is 43.3 Å². The van der Waals surface area contributed by atoms with E-state index in [0.29, 0.717) is 6.42 Å². The molecule has 0 aliphatic rings. The summed E-state index contributed by atoms with van der Waals surface area (Å²) in [5, 5.41) is 5.50. The number of amides is 1. The highest BCUT2D eigenvalue weighted by Gasteiger charge is 2.10. The van der Waals surface area contributed by atoms with Crippen molar-refractivity contribution >= 4 is 16.7 Å². The first-order chi connectivity index (χ1) is 12.2. The lowest BCUT2D eigenvalue weighted by Crippen LogP contribution is -2.26.